The molecular formula is C23H24FN3O2S. The first-order valence-corrected chi connectivity index (χ1v) is 10.5. The van der Waals surface area contributed by atoms with Crippen LogP contribution < -0.4 is 4.74 Å². The van der Waals surface area contributed by atoms with Crippen molar-refractivity contribution in [3.63, 3.8) is 0 Å². The number of ether oxygens (including phenoxy) is 1. The first-order chi connectivity index (χ1) is 14.4. The van der Waals surface area contributed by atoms with Crippen LogP contribution in [-0.2, 0) is 13.2 Å². The summed E-state index contributed by atoms with van der Waals surface area (Å²) < 4.78 is 20.6. The highest BCUT2D eigenvalue weighted by molar-refractivity contribution is 8.00. The molecule has 0 aliphatic carbocycles. The minimum Gasteiger partial charge on any atom is -0.486 e. The van der Waals surface area contributed by atoms with Crippen LogP contribution >= 0.6 is 11.8 Å². The van der Waals surface area contributed by atoms with E-state index in [0.29, 0.717) is 28.8 Å². The third-order valence-electron chi connectivity index (χ3n) is 4.73. The van der Waals surface area contributed by atoms with Gasteiger partial charge in [-0.2, -0.15) is 0 Å². The van der Waals surface area contributed by atoms with E-state index in [-0.39, 0.29) is 23.5 Å². The molecular weight excluding hydrogens is 401 g/mol. The summed E-state index contributed by atoms with van der Waals surface area (Å²) in [6.07, 6.45) is 1.74. The quantitative estimate of drug-likeness (QED) is 0.269. The average Bonchev–Trinajstić information content (AvgIpc) is 3.10. The highest BCUT2D eigenvalue weighted by Crippen LogP contribution is 2.26. The molecule has 2 aromatic carbocycles. The molecule has 0 saturated heterocycles. The highest BCUT2D eigenvalue weighted by Gasteiger charge is 2.21. The molecule has 30 heavy (non-hydrogen) atoms. The van der Waals surface area contributed by atoms with Gasteiger partial charge >= 0.3 is 0 Å². The maximum atomic E-state index is 13.0. The topological polar surface area (TPSA) is 57.0 Å². The Balaban J connectivity index is 1.73. The van der Waals surface area contributed by atoms with Gasteiger partial charge in [0.15, 0.2) is 16.8 Å². The molecule has 3 rings (SSSR count). The summed E-state index contributed by atoms with van der Waals surface area (Å²) in [6.45, 7) is 10.3. The number of hydrogen-bond acceptors (Lipinski definition) is 5. The number of carbonyl (C=O) groups is 1. The molecule has 0 aliphatic rings. The molecule has 0 radical (unpaired) electrons. The Kier molecular flexibility index (Phi) is 7.05. The Hall–Kier alpha value is -2.93. The third kappa shape index (κ3) is 5.16. The number of carbonyl (C=O) groups excluding carboxylic acids is 1. The van der Waals surface area contributed by atoms with E-state index in [4.69, 9.17) is 4.74 Å². The summed E-state index contributed by atoms with van der Waals surface area (Å²) in [6, 6.07) is 11.5. The second kappa shape index (κ2) is 9.71. The first kappa shape index (κ1) is 21.8. The van der Waals surface area contributed by atoms with Crippen LogP contribution in [0, 0.1) is 19.7 Å². The molecule has 0 unspecified atom stereocenters. The predicted octanol–water partition coefficient (Wildman–Crippen LogP) is 5.16. The summed E-state index contributed by atoms with van der Waals surface area (Å²) in [5, 5.41) is 8.75. The summed E-state index contributed by atoms with van der Waals surface area (Å²) in [5.74, 6) is 0.864. The van der Waals surface area contributed by atoms with E-state index in [1.807, 2.05) is 43.5 Å². The number of aromatic nitrogens is 3. The fourth-order valence-electron chi connectivity index (χ4n) is 2.85. The van der Waals surface area contributed by atoms with Crippen LogP contribution in [0.4, 0.5) is 4.39 Å². The number of ketones is 1. The van der Waals surface area contributed by atoms with E-state index < -0.39 is 0 Å². The molecule has 0 N–H and O–H groups in total. The Bertz CT molecular complexity index is 1050. The zero-order valence-electron chi connectivity index (χ0n) is 17.3. The van der Waals surface area contributed by atoms with Gasteiger partial charge < -0.3 is 4.74 Å². The van der Waals surface area contributed by atoms with Gasteiger partial charge in [0.05, 0.1) is 5.25 Å². The van der Waals surface area contributed by atoms with Crippen molar-refractivity contribution >= 4 is 17.5 Å². The van der Waals surface area contributed by atoms with Crippen LogP contribution in [0.5, 0.6) is 5.75 Å². The van der Waals surface area contributed by atoms with Crippen LogP contribution in [0.25, 0.3) is 0 Å². The molecule has 156 valence electrons. The average molecular weight is 426 g/mol. The van der Waals surface area contributed by atoms with Crippen LogP contribution in [0.15, 0.2) is 60.3 Å². The number of thioether (sulfide) groups is 1. The number of aryl methyl sites for hydroxylation is 2. The van der Waals surface area contributed by atoms with Gasteiger partial charge in [-0.3, -0.25) is 9.36 Å². The molecule has 3 aromatic rings. The fourth-order valence-corrected chi connectivity index (χ4v) is 3.80. The van der Waals surface area contributed by atoms with E-state index in [0.717, 1.165) is 11.1 Å². The monoisotopic (exact) mass is 425 g/mol. The maximum Gasteiger partial charge on any atom is 0.192 e. The van der Waals surface area contributed by atoms with Gasteiger partial charge in [0.25, 0.3) is 0 Å². The number of nitrogens with zero attached hydrogens (tertiary/aromatic N) is 3. The number of Topliss-reactive ketones (excluding diaryl/α,β-unsaturated/α-hetero) is 1. The minimum absolute atomic E-state index is 0.0420. The molecule has 0 spiro atoms. The van der Waals surface area contributed by atoms with Crippen molar-refractivity contribution in [3.05, 3.63) is 83.5 Å². The number of hydrogen-bond donors (Lipinski definition) is 0. The summed E-state index contributed by atoms with van der Waals surface area (Å²) in [4.78, 5) is 12.9. The SMILES string of the molecule is C=CCn1c(COc2ccc(F)cc2)nnc1S[C@H](C)C(=O)c1ccc(C)c(C)c1. The predicted molar refractivity (Wildman–Crippen MR) is 117 cm³/mol. The van der Waals surface area contributed by atoms with Crippen molar-refractivity contribution in [1.29, 1.82) is 0 Å². The second-order valence-electron chi connectivity index (χ2n) is 6.96. The van der Waals surface area contributed by atoms with Crippen molar-refractivity contribution in [2.24, 2.45) is 0 Å². The van der Waals surface area contributed by atoms with Crippen molar-refractivity contribution < 1.29 is 13.9 Å². The van der Waals surface area contributed by atoms with Gasteiger partial charge in [0.2, 0.25) is 0 Å². The highest BCUT2D eigenvalue weighted by atomic mass is 32.2. The Morgan fingerprint density at radius 2 is 1.93 bits per heavy atom. The standard InChI is InChI=1S/C23H24FN3O2S/c1-5-12-27-21(14-29-20-10-8-19(24)9-11-20)25-26-23(27)30-17(4)22(28)18-7-6-15(2)16(3)13-18/h5-11,13,17H,1,12,14H2,2-4H3/t17-/m1/s1. The molecule has 0 amide bonds. The molecule has 5 nitrogen and oxygen atoms in total. The van der Waals surface area contributed by atoms with Crippen molar-refractivity contribution in [1.82, 2.24) is 14.8 Å². The summed E-state index contributed by atoms with van der Waals surface area (Å²) in [5.41, 5.74) is 2.93. The Labute approximate surface area is 180 Å². The Morgan fingerprint density at radius 1 is 1.20 bits per heavy atom. The second-order valence-corrected chi connectivity index (χ2v) is 8.27. The Morgan fingerprint density at radius 3 is 2.60 bits per heavy atom. The molecule has 1 atom stereocenters. The van der Waals surface area contributed by atoms with Crippen molar-refractivity contribution in [2.75, 3.05) is 0 Å². The number of halogens is 1. The van der Waals surface area contributed by atoms with E-state index in [1.54, 1.807) is 18.2 Å². The summed E-state index contributed by atoms with van der Waals surface area (Å²) in [7, 11) is 0. The van der Waals surface area contributed by atoms with Gasteiger partial charge in [0, 0.05) is 12.1 Å². The number of rotatable bonds is 9. The normalized spacial score (nSPS) is 11.9. The van der Waals surface area contributed by atoms with Crippen LogP contribution in [0.3, 0.4) is 0 Å². The number of benzene rings is 2. The molecule has 0 fully saturated rings. The van der Waals surface area contributed by atoms with E-state index >= 15 is 0 Å². The lowest BCUT2D eigenvalue weighted by Gasteiger charge is -2.13. The summed E-state index contributed by atoms with van der Waals surface area (Å²) >= 11 is 1.35. The largest absolute Gasteiger partial charge is 0.486 e. The lowest BCUT2D eigenvalue weighted by Crippen LogP contribution is -2.15. The number of allylic oxidation sites excluding steroid dienone is 1. The van der Waals surface area contributed by atoms with Gasteiger partial charge in [-0.25, -0.2) is 4.39 Å². The molecule has 7 heteroatoms. The third-order valence-corrected chi connectivity index (χ3v) is 5.81. The lowest BCUT2D eigenvalue weighted by molar-refractivity contribution is 0.0993. The van der Waals surface area contributed by atoms with Gasteiger partial charge in [0.1, 0.15) is 18.2 Å². The molecule has 1 aromatic heterocycles. The van der Waals surface area contributed by atoms with E-state index in [9.17, 15) is 9.18 Å². The van der Waals surface area contributed by atoms with Gasteiger partial charge in [-0.15, -0.1) is 16.8 Å². The fraction of sp³-hybridized carbons (Fsp3) is 0.261. The van der Waals surface area contributed by atoms with Crippen LogP contribution in [-0.4, -0.2) is 25.8 Å². The first-order valence-electron chi connectivity index (χ1n) is 9.58. The zero-order chi connectivity index (χ0) is 21.7. The van der Waals surface area contributed by atoms with Crippen LogP contribution in [0.1, 0.15) is 34.2 Å². The van der Waals surface area contributed by atoms with E-state index in [2.05, 4.69) is 16.8 Å². The van der Waals surface area contributed by atoms with Crippen LogP contribution in [0.2, 0.25) is 0 Å². The lowest BCUT2D eigenvalue weighted by atomic mass is 10.0. The molecule has 0 aliphatic heterocycles. The zero-order valence-corrected chi connectivity index (χ0v) is 18.1. The van der Waals surface area contributed by atoms with Gasteiger partial charge in [-0.1, -0.05) is 30.0 Å². The van der Waals surface area contributed by atoms with Crippen molar-refractivity contribution in [3.8, 4) is 5.75 Å². The smallest absolute Gasteiger partial charge is 0.192 e. The molecule has 1 heterocycles. The van der Waals surface area contributed by atoms with E-state index in [1.165, 1.54) is 23.9 Å². The molecule has 0 bridgehead atoms. The van der Waals surface area contributed by atoms with Crippen molar-refractivity contribution in [2.45, 2.75) is 44.3 Å². The maximum absolute atomic E-state index is 13.0. The minimum atomic E-state index is -0.328. The van der Waals surface area contributed by atoms with Gasteiger partial charge in [-0.05, 0) is 62.2 Å². The molecule has 0 saturated carbocycles.